The zero-order valence-electron chi connectivity index (χ0n) is 19.0. The molecule has 0 fully saturated rings. The van der Waals surface area contributed by atoms with Crippen LogP contribution in [0, 0.1) is 0 Å². The van der Waals surface area contributed by atoms with Crippen molar-refractivity contribution in [3.8, 4) is 0 Å². The van der Waals surface area contributed by atoms with Crippen LogP contribution in [0.5, 0.6) is 0 Å². The lowest BCUT2D eigenvalue weighted by atomic mass is 10.0. The maximum Gasteiger partial charge on any atom is 0.255 e. The van der Waals surface area contributed by atoms with Crippen LogP contribution >= 0.6 is 0 Å². The summed E-state index contributed by atoms with van der Waals surface area (Å²) in [7, 11) is 0. The van der Waals surface area contributed by atoms with E-state index < -0.39 is 11.9 Å². The van der Waals surface area contributed by atoms with Gasteiger partial charge >= 0.3 is 0 Å². The summed E-state index contributed by atoms with van der Waals surface area (Å²) in [5.74, 6) is -0.862. The van der Waals surface area contributed by atoms with Gasteiger partial charge in [-0.05, 0) is 43.7 Å². The van der Waals surface area contributed by atoms with Crippen LogP contribution in [0.25, 0.3) is 0 Å². The monoisotopic (exact) mass is 443 g/mol. The highest BCUT2D eigenvalue weighted by atomic mass is 16.2. The number of hydrogen-bond donors (Lipinski definition) is 2. The maximum absolute atomic E-state index is 13.3. The largest absolute Gasteiger partial charge is 0.341 e. The SMILES string of the molecule is CCN(CC)C(=O)[C@@H](Cc1ccccc1)NC(=O)c1ccccc1NC(=O)c1ccccc1. The second-order valence-corrected chi connectivity index (χ2v) is 7.59. The van der Waals surface area contributed by atoms with E-state index in [1.54, 1.807) is 53.4 Å². The quantitative estimate of drug-likeness (QED) is 0.522. The van der Waals surface area contributed by atoms with E-state index in [1.807, 2.05) is 50.2 Å². The molecule has 3 amide bonds. The summed E-state index contributed by atoms with van der Waals surface area (Å²) in [6, 6.07) is 24.5. The number of hydrogen-bond acceptors (Lipinski definition) is 3. The summed E-state index contributed by atoms with van der Waals surface area (Å²) >= 11 is 0. The molecule has 0 aliphatic carbocycles. The zero-order chi connectivity index (χ0) is 23.6. The molecule has 170 valence electrons. The van der Waals surface area contributed by atoms with E-state index in [9.17, 15) is 14.4 Å². The molecule has 0 unspecified atom stereocenters. The molecule has 0 aliphatic heterocycles. The Bertz CT molecular complexity index is 1080. The van der Waals surface area contributed by atoms with Gasteiger partial charge in [0.15, 0.2) is 0 Å². The summed E-state index contributed by atoms with van der Waals surface area (Å²) in [5, 5.41) is 5.71. The lowest BCUT2D eigenvalue weighted by Gasteiger charge is -2.26. The summed E-state index contributed by atoms with van der Waals surface area (Å²) in [6.07, 6.45) is 0.375. The van der Waals surface area contributed by atoms with Crippen molar-refractivity contribution < 1.29 is 14.4 Å². The van der Waals surface area contributed by atoms with E-state index in [-0.39, 0.29) is 11.8 Å². The average Bonchev–Trinajstić information content (AvgIpc) is 2.85. The van der Waals surface area contributed by atoms with Gasteiger partial charge in [-0.15, -0.1) is 0 Å². The molecular weight excluding hydrogens is 414 g/mol. The van der Waals surface area contributed by atoms with Crippen LogP contribution in [-0.2, 0) is 11.2 Å². The Morgan fingerprint density at radius 2 is 1.33 bits per heavy atom. The van der Waals surface area contributed by atoms with E-state index >= 15 is 0 Å². The van der Waals surface area contributed by atoms with Crippen molar-refractivity contribution in [2.24, 2.45) is 0 Å². The van der Waals surface area contributed by atoms with Crippen molar-refractivity contribution in [2.45, 2.75) is 26.3 Å². The second kappa shape index (κ2) is 11.6. The molecule has 6 nitrogen and oxygen atoms in total. The fourth-order valence-electron chi connectivity index (χ4n) is 3.62. The predicted octanol–water partition coefficient (Wildman–Crippen LogP) is 4.15. The van der Waals surface area contributed by atoms with E-state index in [0.717, 1.165) is 5.56 Å². The second-order valence-electron chi connectivity index (χ2n) is 7.59. The Kier molecular flexibility index (Phi) is 8.36. The molecule has 33 heavy (non-hydrogen) atoms. The molecule has 6 heteroatoms. The van der Waals surface area contributed by atoms with Crippen LogP contribution in [0.4, 0.5) is 5.69 Å². The Morgan fingerprint density at radius 3 is 1.97 bits per heavy atom. The van der Waals surface area contributed by atoms with Crippen LogP contribution in [0.1, 0.15) is 40.1 Å². The molecule has 0 heterocycles. The first-order valence-electron chi connectivity index (χ1n) is 11.1. The van der Waals surface area contributed by atoms with Gasteiger partial charge in [0.2, 0.25) is 5.91 Å². The molecule has 0 aromatic heterocycles. The number of amides is 3. The number of benzene rings is 3. The molecule has 0 bridgehead atoms. The predicted molar refractivity (Wildman–Crippen MR) is 130 cm³/mol. The van der Waals surface area contributed by atoms with Crippen molar-refractivity contribution in [3.05, 3.63) is 102 Å². The van der Waals surface area contributed by atoms with E-state index in [4.69, 9.17) is 0 Å². The van der Waals surface area contributed by atoms with Gasteiger partial charge in [-0.25, -0.2) is 0 Å². The lowest BCUT2D eigenvalue weighted by Crippen LogP contribution is -2.49. The van der Waals surface area contributed by atoms with Gasteiger partial charge in [0.1, 0.15) is 6.04 Å². The van der Waals surface area contributed by atoms with Crippen LogP contribution in [0.2, 0.25) is 0 Å². The van der Waals surface area contributed by atoms with E-state index in [0.29, 0.717) is 36.3 Å². The van der Waals surface area contributed by atoms with Crippen molar-refractivity contribution in [1.82, 2.24) is 10.2 Å². The normalized spacial score (nSPS) is 11.3. The third-order valence-corrected chi connectivity index (χ3v) is 5.42. The van der Waals surface area contributed by atoms with Crippen LogP contribution in [0.3, 0.4) is 0 Å². The molecule has 3 aromatic carbocycles. The fraction of sp³-hybridized carbons (Fsp3) is 0.222. The van der Waals surface area contributed by atoms with Crippen LogP contribution in [0.15, 0.2) is 84.9 Å². The van der Waals surface area contributed by atoms with Gasteiger partial charge in [0.05, 0.1) is 11.3 Å². The number of para-hydroxylation sites is 1. The van der Waals surface area contributed by atoms with Gasteiger partial charge in [-0.3, -0.25) is 14.4 Å². The Balaban J connectivity index is 1.83. The molecule has 3 aromatic rings. The fourth-order valence-corrected chi connectivity index (χ4v) is 3.62. The van der Waals surface area contributed by atoms with Gasteiger partial charge in [-0.1, -0.05) is 60.7 Å². The first kappa shape index (κ1) is 23.7. The van der Waals surface area contributed by atoms with E-state index in [1.165, 1.54) is 0 Å². The lowest BCUT2D eigenvalue weighted by molar-refractivity contribution is -0.132. The molecule has 0 saturated heterocycles. The number of likely N-dealkylation sites (N-methyl/N-ethyl adjacent to an activating group) is 1. The third-order valence-electron chi connectivity index (χ3n) is 5.42. The zero-order valence-corrected chi connectivity index (χ0v) is 19.0. The van der Waals surface area contributed by atoms with Gasteiger partial charge in [0, 0.05) is 25.1 Å². The Labute approximate surface area is 194 Å². The number of carbonyl (C=O) groups excluding carboxylic acids is 3. The molecule has 0 saturated carbocycles. The van der Waals surface area contributed by atoms with Crippen LogP contribution in [-0.4, -0.2) is 41.8 Å². The van der Waals surface area contributed by atoms with Crippen molar-refractivity contribution in [3.63, 3.8) is 0 Å². The minimum Gasteiger partial charge on any atom is -0.341 e. The minimum absolute atomic E-state index is 0.136. The number of anilines is 1. The molecule has 0 radical (unpaired) electrons. The molecule has 3 rings (SSSR count). The Morgan fingerprint density at radius 1 is 0.758 bits per heavy atom. The highest BCUT2D eigenvalue weighted by Crippen LogP contribution is 2.17. The summed E-state index contributed by atoms with van der Waals surface area (Å²) in [4.78, 5) is 40.7. The number of carbonyl (C=O) groups is 3. The molecule has 1 atom stereocenters. The summed E-state index contributed by atoms with van der Waals surface area (Å²) in [5.41, 5.74) is 2.13. The van der Waals surface area contributed by atoms with Crippen molar-refractivity contribution in [1.29, 1.82) is 0 Å². The summed E-state index contributed by atoms with van der Waals surface area (Å²) < 4.78 is 0. The van der Waals surface area contributed by atoms with Crippen molar-refractivity contribution in [2.75, 3.05) is 18.4 Å². The Hall–Kier alpha value is -3.93. The highest BCUT2D eigenvalue weighted by Gasteiger charge is 2.26. The topological polar surface area (TPSA) is 78.5 Å². The van der Waals surface area contributed by atoms with Gasteiger partial charge in [-0.2, -0.15) is 0 Å². The summed E-state index contributed by atoms with van der Waals surface area (Å²) in [6.45, 7) is 4.94. The number of rotatable bonds is 9. The highest BCUT2D eigenvalue weighted by molar-refractivity contribution is 6.09. The first-order chi connectivity index (χ1) is 16.0. The number of nitrogens with zero attached hydrogens (tertiary/aromatic N) is 1. The smallest absolute Gasteiger partial charge is 0.255 e. The molecule has 2 N–H and O–H groups in total. The maximum atomic E-state index is 13.3. The van der Waals surface area contributed by atoms with E-state index in [2.05, 4.69) is 10.6 Å². The molecular formula is C27H29N3O3. The first-order valence-corrected chi connectivity index (χ1v) is 11.1. The molecule has 0 aliphatic rings. The van der Waals surface area contributed by atoms with Crippen molar-refractivity contribution >= 4 is 23.4 Å². The average molecular weight is 444 g/mol. The van der Waals surface area contributed by atoms with Crippen LogP contribution < -0.4 is 10.6 Å². The van der Waals surface area contributed by atoms with Gasteiger partial charge in [0.25, 0.3) is 11.8 Å². The molecule has 0 spiro atoms. The minimum atomic E-state index is -0.724. The standard InChI is InChI=1S/C27H29N3O3/c1-3-30(4-2)27(33)24(19-20-13-7-5-8-14-20)29-26(32)22-17-11-12-18-23(22)28-25(31)21-15-9-6-10-16-21/h5-18,24H,3-4,19H2,1-2H3,(H,28,31)(H,29,32)/t24-/m1/s1. The third kappa shape index (κ3) is 6.29. The number of nitrogens with one attached hydrogen (secondary N) is 2. The van der Waals surface area contributed by atoms with Gasteiger partial charge < -0.3 is 15.5 Å².